The molecule has 1 N–H and O–H groups in total. The highest BCUT2D eigenvalue weighted by Crippen LogP contribution is 2.26. The smallest absolute Gasteiger partial charge is 0.328 e. The molecule has 2 aromatic rings. The molecule has 28 heavy (non-hydrogen) atoms. The molecule has 152 valence electrons. The van der Waals surface area contributed by atoms with E-state index in [1.54, 1.807) is 0 Å². The van der Waals surface area contributed by atoms with Crippen LogP contribution in [0.25, 0.3) is 11.4 Å². The number of esters is 1. The summed E-state index contributed by atoms with van der Waals surface area (Å²) < 4.78 is 6.80. The zero-order valence-corrected chi connectivity index (χ0v) is 17.9. The van der Waals surface area contributed by atoms with Crippen molar-refractivity contribution in [2.75, 3.05) is 12.9 Å². The fraction of sp³-hybridized carbons (Fsp3) is 0.500. The molecule has 1 aromatic carbocycles. The largest absolute Gasteiger partial charge is 0.467 e. The fourth-order valence-electron chi connectivity index (χ4n) is 2.84. The van der Waals surface area contributed by atoms with Gasteiger partial charge in [-0.3, -0.25) is 4.79 Å². The second-order valence-electron chi connectivity index (χ2n) is 6.61. The van der Waals surface area contributed by atoms with Crippen LogP contribution in [0.15, 0.2) is 29.4 Å². The molecule has 0 aliphatic carbocycles. The van der Waals surface area contributed by atoms with Gasteiger partial charge in [-0.1, -0.05) is 56.3 Å². The number of thioether (sulfide) groups is 1. The zero-order chi connectivity index (χ0) is 20.7. The number of amides is 1. The number of hydrogen-bond acceptors (Lipinski definition) is 6. The number of carbonyl (C=O) groups excluding carboxylic acids is 2. The lowest BCUT2D eigenvalue weighted by Crippen LogP contribution is -2.46. The average molecular weight is 405 g/mol. The highest BCUT2D eigenvalue weighted by molar-refractivity contribution is 7.99. The van der Waals surface area contributed by atoms with Gasteiger partial charge in [-0.15, -0.1) is 10.2 Å². The van der Waals surface area contributed by atoms with E-state index in [4.69, 9.17) is 4.74 Å². The first-order valence-corrected chi connectivity index (χ1v) is 10.4. The van der Waals surface area contributed by atoms with Crippen molar-refractivity contribution in [3.63, 3.8) is 0 Å². The summed E-state index contributed by atoms with van der Waals surface area (Å²) in [4.78, 5) is 24.3. The van der Waals surface area contributed by atoms with Crippen LogP contribution in [-0.4, -0.2) is 45.5 Å². The van der Waals surface area contributed by atoms with Crippen LogP contribution >= 0.6 is 11.8 Å². The normalized spacial score (nSPS) is 13.0. The van der Waals surface area contributed by atoms with Crippen molar-refractivity contribution in [2.24, 2.45) is 5.92 Å². The van der Waals surface area contributed by atoms with Crippen LogP contribution in [0, 0.1) is 12.8 Å². The first-order valence-electron chi connectivity index (χ1n) is 9.42. The molecule has 0 saturated heterocycles. The summed E-state index contributed by atoms with van der Waals surface area (Å²) in [6.45, 7) is 8.63. The molecule has 0 aliphatic heterocycles. The summed E-state index contributed by atoms with van der Waals surface area (Å²) in [5, 5.41) is 12.0. The predicted octanol–water partition coefficient (Wildman–Crippen LogP) is 3.07. The quantitative estimate of drug-likeness (QED) is 0.511. The number of nitrogens with one attached hydrogen (secondary N) is 1. The van der Waals surface area contributed by atoms with E-state index in [0.717, 1.165) is 23.4 Å². The van der Waals surface area contributed by atoms with Crippen molar-refractivity contribution in [3.05, 3.63) is 29.8 Å². The van der Waals surface area contributed by atoms with Crippen LogP contribution in [-0.2, 0) is 20.9 Å². The van der Waals surface area contributed by atoms with Crippen molar-refractivity contribution < 1.29 is 14.3 Å². The third kappa shape index (κ3) is 5.13. The van der Waals surface area contributed by atoms with Crippen molar-refractivity contribution in [2.45, 2.75) is 51.9 Å². The van der Waals surface area contributed by atoms with E-state index in [-0.39, 0.29) is 17.6 Å². The topological polar surface area (TPSA) is 86.1 Å². The maximum absolute atomic E-state index is 12.4. The molecule has 0 bridgehead atoms. The van der Waals surface area contributed by atoms with Crippen molar-refractivity contribution in [3.8, 4) is 11.4 Å². The van der Waals surface area contributed by atoms with Crippen LogP contribution in [0.4, 0.5) is 0 Å². The summed E-state index contributed by atoms with van der Waals surface area (Å²) in [5.74, 6) is 0.273. The van der Waals surface area contributed by atoms with E-state index in [9.17, 15) is 9.59 Å². The van der Waals surface area contributed by atoms with Gasteiger partial charge in [-0.25, -0.2) is 4.79 Å². The molecule has 2 rings (SSSR count). The maximum atomic E-state index is 12.4. The molecule has 1 amide bonds. The molecular weight excluding hydrogens is 376 g/mol. The molecule has 0 unspecified atom stereocenters. The Kier molecular flexibility index (Phi) is 8.04. The standard InChI is InChI=1S/C20H28N4O3S/c1-6-13(3)17(19(26)27-5)21-16(25)12-28-20-23-22-18(24(20)7-2)15-11-9-8-10-14(15)4/h8-11,13,17H,6-7,12H2,1-5H3,(H,21,25)/t13-,17+/m1/s1. The van der Waals surface area contributed by atoms with Crippen molar-refractivity contribution >= 4 is 23.6 Å². The van der Waals surface area contributed by atoms with Gasteiger partial charge in [0.1, 0.15) is 6.04 Å². The van der Waals surface area contributed by atoms with Gasteiger partial charge in [0, 0.05) is 12.1 Å². The number of benzene rings is 1. The monoisotopic (exact) mass is 404 g/mol. The molecule has 0 fully saturated rings. The van der Waals surface area contributed by atoms with Crippen molar-refractivity contribution in [1.82, 2.24) is 20.1 Å². The average Bonchev–Trinajstić information content (AvgIpc) is 3.12. The highest BCUT2D eigenvalue weighted by atomic mass is 32.2. The minimum absolute atomic E-state index is 0.00615. The molecule has 8 heteroatoms. The number of nitrogens with zero attached hydrogens (tertiary/aromatic N) is 3. The lowest BCUT2D eigenvalue weighted by atomic mass is 9.99. The number of methoxy groups -OCH3 is 1. The fourth-order valence-corrected chi connectivity index (χ4v) is 3.66. The van der Waals surface area contributed by atoms with Gasteiger partial charge in [0.2, 0.25) is 5.91 Å². The van der Waals surface area contributed by atoms with E-state index < -0.39 is 12.0 Å². The number of hydrogen-bond donors (Lipinski definition) is 1. The van der Waals surface area contributed by atoms with Gasteiger partial charge < -0.3 is 14.6 Å². The molecule has 0 radical (unpaired) electrons. The Morgan fingerprint density at radius 1 is 1.25 bits per heavy atom. The van der Waals surface area contributed by atoms with Crippen LogP contribution in [0.5, 0.6) is 0 Å². The Bertz CT molecular complexity index is 822. The minimum Gasteiger partial charge on any atom is -0.467 e. The molecule has 0 aliphatic rings. The number of rotatable bonds is 9. The number of carbonyl (C=O) groups is 2. The van der Waals surface area contributed by atoms with Crippen LogP contribution in [0.2, 0.25) is 0 Å². The highest BCUT2D eigenvalue weighted by Gasteiger charge is 2.27. The predicted molar refractivity (Wildman–Crippen MR) is 110 cm³/mol. The van der Waals surface area contributed by atoms with Gasteiger partial charge in [0.05, 0.1) is 12.9 Å². The van der Waals surface area contributed by atoms with Gasteiger partial charge in [0.25, 0.3) is 0 Å². The Balaban J connectivity index is 2.09. The van der Waals surface area contributed by atoms with E-state index in [0.29, 0.717) is 11.7 Å². The minimum atomic E-state index is -0.644. The number of aryl methyl sites for hydroxylation is 1. The number of ether oxygens (including phenoxy) is 1. The Labute approximate surface area is 170 Å². The third-order valence-corrected chi connectivity index (χ3v) is 5.70. The van der Waals surface area contributed by atoms with Gasteiger partial charge in [-0.2, -0.15) is 0 Å². The van der Waals surface area contributed by atoms with Crippen LogP contribution < -0.4 is 5.32 Å². The summed E-state index contributed by atoms with van der Waals surface area (Å²) in [6, 6.07) is 7.36. The Hall–Kier alpha value is -2.35. The van der Waals surface area contributed by atoms with E-state index >= 15 is 0 Å². The van der Waals surface area contributed by atoms with E-state index in [1.807, 2.05) is 56.5 Å². The molecule has 1 aromatic heterocycles. The first kappa shape index (κ1) is 21.9. The van der Waals surface area contributed by atoms with Gasteiger partial charge in [-0.05, 0) is 25.3 Å². The number of aromatic nitrogens is 3. The zero-order valence-electron chi connectivity index (χ0n) is 17.1. The molecule has 7 nitrogen and oxygen atoms in total. The van der Waals surface area contributed by atoms with Gasteiger partial charge in [0.15, 0.2) is 11.0 Å². The Morgan fingerprint density at radius 2 is 1.96 bits per heavy atom. The summed E-state index contributed by atoms with van der Waals surface area (Å²) in [7, 11) is 1.33. The third-order valence-electron chi connectivity index (χ3n) is 4.74. The lowest BCUT2D eigenvalue weighted by Gasteiger charge is -2.21. The first-order chi connectivity index (χ1) is 13.4. The molecular formula is C20H28N4O3S. The van der Waals surface area contributed by atoms with Crippen LogP contribution in [0.1, 0.15) is 32.8 Å². The molecule has 1 heterocycles. The van der Waals surface area contributed by atoms with E-state index in [2.05, 4.69) is 15.5 Å². The van der Waals surface area contributed by atoms with E-state index in [1.165, 1.54) is 18.9 Å². The summed E-state index contributed by atoms with van der Waals surface area (Å²) in [6.07, 6.45) is 0.761. The van der Waals surface area contributed by atoms with Crippen LogP contribution in [0.3, 0.4) is 0 Å². The van der Waals surface area contributed by atoms with Crippen molar-refractivity contribution in [1.29, 1.82) is 0 Å². The second kappa shape index (κ2) is 10.3. The summed E-state index contributed by atoms with van der Waals surface area (Å²) >= 11 is 1.31. The van der Waals surface area contributed by atoms with Gasteiger partial charge >= 0.3 is 5.97 Å². The Morgan fingerprint density at radius 3 is 2.57 bits per heavy atom. The molecule has 2 atom stereocenters. The SMILES string of the molecule is CC[C@@H](C)[C@H](NC(=O)CSc1nnc(-c2ccccc2C)n1CC)C(=O)OC. The second-order valence-corrected chi connectivity index (χ2v) is 7.55. The summed E-state index contributed by atoms with van der Waals surface area (Å²) in [5.41, 5.74) is 2.14. The molecule has 0 saturated carbocycles. The molecule has 0 spiro atoms. The maximum Gasteiger partial charge on any atom is 0.328 e. The lowest BCUT2D eigenvalue weighted by molar-refractivity contribution is -0.146.